The number of carbonyl (C=O) groups is 1. The molecule has 0 saturated carbocycles. The van der Waals surface area contributed by atoms with Gasteiger partial charge in [-0.15, -0.1) is 0 Å². The van der Waals surface area contributed by atoms with E-state index in [1.165, 1.54) is 0 Å². The molecule has 0 unspecified atom stereocenters. The van der Waals surface area contributed by atoms with Crippen LogP contribution in [0.5, 0.6) is 11.5 Å². The Morgan fingerprint density at radius 2 is 1.59 bits per heavy atom. The van der Waals surface area contributed by atoms with Crippen LogP contribution in [0.15, 0.2) is 71.2 Å². The first kappa shape index (κ1) is 18.8. The second-order valence-electron chi connectivity index (χ2n) is 5.61. The van der Waals surface area contributed by atoms with Gasteiger partial charge in [-0.3, -0.25) is 0 Å². The molecule has 0 aromatic heterocycles. The number of hydrogen-bond donors (Lipinski definition) is 2. The van der Waals surface area contributed by atoms with Crippen molar-refractivity contribution in [3.8, 4) is 11.5 Å². The maximum absolute atomic E-state index is 13.7. The quantitative estimate of drug-likeness (QED) is 0.497. The van der Waals surface area contributed by atoms with Gasteiger partial charge >= 0.3 is 6.03 Å². The maximum atomic E-state index is 13.7. The van der Waals surface area contributed by atoms with Gasteiger partial charge in [0.05, 0.1) is 10.2 Å². The summed E-state index contributed by atoms with van der Waals surface area (Å²) in [5, 5.41) is 4.87. The third-order valence-electron chi connectivity index (χ3n) is 3.61. The van der Waals surface area contributed by atoms with Gasteiger partial charge in [0.15, 0.2) is 0 Å². The average molecular weight is 433 g/mol. The predicted molar refractivity (Wildman–Crippen MR) is 103 cm³/mol. The summed E-state index contributed by atoms with van der Waals surface area (Å²) in [6.07, 6.45) is 0. The van der Waals surface area contributed by atoms with Gasteiger partial charge in [0.2, 0.25) is 0 Å². The highest BCUT2D eigenvalue weighted by Crippen LogP contribution is 2.23. The lowest BCUT2D eigenvalue weighted by Gasteiger charge is -2.10. The fourth-order valence-electron chi connectivity index (χ4n) is 2.27. The van der Waals surface area contributed by atoms with Gasteiger partial charge in [-0.1, -0.05) is 30.3 Å². The summed E-state index contributed by atoms with van der Waals surface area (Å²) in [5.74, 6) is -0.00476. The number of halogens is 3. The second-order valence-corrected chi connectivity index (χ2v) is 6.47. The number of carbonyl (C=O) groups excluding carboxylic acids is 1. The second kappa shape index (κ2) is 8.64. The summed E-state index contributed by atoms with van der Waals surface area (Å²) in [6, 6.07) is 17.8. The first-order chi connectivity index (χ1) is 13.0. The van der Waals surface area contributed by atoms with Crippen molar-refractivity contribution in [2.24, 2.45) is 0 Å². The Hall–Kier alpha value is -2.93. The van der Waals surface area contributed by atoms with Crippen LogP contribution in [0.2, 0.25) is 0 Å². The van der Waals surface area contributed by atoms with Crippen molar-refractivity contribution >= 4 is 27.6 Å². The zero-order valence-electron chi connectivity index (χ0n) is 14.0. The zero-order valence-corrected chi connectivity index (χ0v) is 15.6. The summed E-state index contributed by atoms with van der Waals surface area (Å²) in [7, 11) is 0. The van der Waals surface area contributed by atoms with E-state index in [2.05, 4.69) is 26.6 Å². The standard InChI is InChI=1S/C20H15BrF2N2O2/c21-16-10-18(23)19(11-17(16)22)25-20(26)24-12-13-6-8-15(9-7-13)27-14-4-2-1-3-5-14/h1-11H,12H2,(H2,24,25,26). The molecule has 0 fully saturated rings. The Morgan fingerprint density at radius 1 is 0.926 bits per heavy atom. The van der Waals surface area contributed by atoms with Gasteiger partial charge in [-0.25, -0.2) is 13.6 Å². The van der Waals surface area contributed by atoms with Crippen LogP contribution >= 0.6 is 15.9 Å². The molecular weight excluding hydrogens is 418 g/mol. The third-order valence-corrected chi connectivity index (χ3v) is 4.22. The van der Waals surface area contributed by atoms with Crippen molar-refractivity contribution in [2.75, 3.05) is 5.32 Å². The van der Waals surface area contributed by atoms with Crippen LogP contribution in [-0.4, -0.2) is 6.03 Å². The van der Waals surface area contributed by atoms with Crippen LogP contribution in [-0.2, 0) is 6.54 Å². The van der Waals surface area contributed by atoms with Crippen molar-refractivity contribution < 1.29 is 18.3 Å². The lowest BCUT2D eigenvalue weighted by atomic mass is 10.2. The summed E-state index contributed by atoms with van der Waals surface area (Å²) < 4.78 is 32.9. The molecule has 0 saturated heterocycles. The molecule has 0 aliphatic carbocycles. The number of anilines is 1. The molecule has 27 heavy (non-hydrogen) atoms. The number of hydrogen-bond acceptors (Lipinski definition) is 2. The molecule has 3 aromatic carbocycles. The Morgan fingerprint density at radius 3 is 2.30 bits per heavy atom. The number of ether oxygens (including phenoxy) is 1. The molecule has 0 aliphatic rings. The number of benzene rings is 3. The molecular formula is C20H15BrF2N2O2. The Kier molecular flexibility index (Phi) is 6.03. The highest BCUT2D eigenvalue weighted by molar-refractivity contribution is 9.10. The molecule has 138 valence electrons. The highest BCUT2D eigenvalue weighted by atomic mass is 79.9. The van der Waals surface area contributed by atoms with E-state index in [4.69, 9.17) is 4.74 Å². The fourth-order valence-corrected chi connectivity index (χ4v) is 2.58. The summed E-state index contributed by atoms with van der Waals surface area (Å²) in [4.78, 5) is 11.9. The van der Waals surface area contributed by atoms with Gasteiger partial charge in [-0.05, 0) is 51.8 Å². The van der Waals surface area contributed by atoms with Crippen molar-refractivity contribution in [3.05, 3.63) is 88.4 Å². The summed E-state index contributed by atoms with van der Waals surface area (Å²) in [5.41, 5.74) is 0.591. The van der Waals surface area contributed by atoms with E-state index < -0.39 is 17.7 Å². The van der Waals surface area contributed by atoms with Crippen molar-refractivity contribution in [1.82, 2.24) is 5.32 Å². The summed E-state index contributed by atoms with van der Waals surface area (Å²) >= 11 is 2.88. The molecule has 4 nitrogen and oxygen atoms in total. The first-order valence-corrected chi connectivity index (χ1v) is 8.82. The van der Waals surface area contributed by atoms with Crippen LogP contribution in [0.4, 0.5) is 19.3 Å². The minimum atomic E-state index is -0.735. The van der Waals surface area contributed by atoms with Crippen LogP contribution in [0.25, 0.3) is 0 Å². The van der Waals surface area contributed by atoms with Gasteiger partial charge < -0.3 is 15.4 Å². The van der Waals surface area contributed by atoms with Gasteiger partial charge in [0.25, 0.3) is 0 Å². The largest absolute Gasteiger partial charge is 0.457 e. The predicted octanol–water partition coefficient (Wildman–Crippen LogP) is 5.84. The van der Waals surface area contributed by atoms with E-state index in [-0.39, 0.29) is 16.7 Å². The minimum absolute atomic E-state index is 0.0104. The molecule has 2 N–H and O–H groups in total. The van der Waals surface area contributed by atoms with E-state index in [9.17, 15) is 13.6 Å². The molecule has 3 rings (SSSR count). The van der Waals surface area contributed by atoms with Crippen molar-refractivity contribution in [1.29, 1.82) is 0 Å². The Labute approximate surface area is 163 Å². The first-order valence-electron chi connectivity index (χ1n) is 8.02. The van der Waals surface area contributed by atoms with E-state index in [0.717, 1.165) is 23.4 Å². The van der Waals surface area contributed by atoms with Gasteiger partial charge in [0, 0.05) is 12.6 Å². The molecule has 0 spiro atoms. The molecule has 3 aromatic rings. The SMILES string of the molecule is O=C(NCc1ccc(Oc2ccccc2)cc1)Nc1cc(F)c(Br)cc1F. The van der Waals surface area contributed by atoms with Crippen molar-refractivity contribution in [2.45, 2.75) is 6.54 Å². The molecule has 0 heterocycles. The van der Waals surface area contributed by atoms with Crippen LogP contribution in [0.1, 0.15) is 5.56 Å². The lowest BCUT2D eigenvalue weighted by Crippen LogP contribution is -2.28. The molecule has 0 bridgehead atoms. The van der Waals surface area contributed by atoms with Crippen LogP contribution in [0, 0.1) is 11.6 Å². The average Bonchev–Trinajstić information content (AvgIpc) is 2.66. The van der Waals surface area contributed by atoms with E-state index in [0.29, 0.717) is 5.75 Å². The Balaban J connectivity index is 1.54. The molecule has 0 radical (unpaired) electrons. The molecule has 0 aliphatic heterocycles. The third kappa shape index (κ3) is 5.27. The number of para-hydroxylation sites is 1. The van der Waals surface area contributed by atoms with E-state index >= 15 is 0 Å². The lowest BCUT2D eigenvalue weighted by molar-refractivity contribution is 0.251. The monoisotopic (exact) mass is 432 g/mol. The highest BCUT2D eigenvalue weighted by Gasteiger charge is 2.11. The number of nitrogens with one attached hydrogen (secondary N) is 2. The van der Waals surface area contributed by atoms with E-state index in [1.807, 2.05) is 30.3 Å². The van der Waals surface area contributed by atoms with Gasteiger partial charge in [-0.2, -0.15) is 0 Å². The smallest absolute Gasteiger partial charge is 0.319 e. The van der Waals surface area contributed by atoms with E-state index in [1.54, 1.807) is 24.3 Å². The van der Waals surface area contributed by atoms with Gasteiger partial charge in [0.1, 0.15) is 23.1 Å². The normalized spacial score (nSPS) is 10.3. The summed E-state index contributed by atoms with van der Waals surface area (Å²) in [6.45, 7) is 0.220. The maximum Gasteiger partial charge on any atom is 0.319 e. The molecule has 2 amide bonds. The molecule has 7 heteroatoms. The zero-order chi connectivity index (χ0) is 19.2. The fraction of sp³-hybridized carbons (Fsp3) is 0.0500. The minimum Gasteiger partial charge on any atom is -0.457 e. The van der Waals surface area contributed by atoms with Crippen LogP contribution < -0.4 is 15.4 Å². The molecule has 0 atom stereocenters. The Bertz CT molecular complexity index is 935. The number of urea groups is 1. The van der Waals surface area contributed by atoms with Crippen molar-refractivity contribution in [3.63, 3.8) is 0 Å². The number of rotatable bonds is 5. The van der Waals surface area contributed by atoms with Crippen LogP contribution in [0.3, 0.4) is 0 Å². The topological polar surface area (TPSA) is 50.4 Å². The number of amides is 2.